The van der Waals surface area contributed by atoms with E-state index in [0.29, 0.717) is 11.4 Å². The molecule has 2 rings (SSSR count). The molecule has 0 atom stereocenters. The van der Waals surface area contributed by atoms with E-state index in [0.717, 1.165) is 0 Å². The number of hydrogen-bond donors (Lipinski definition) is 1. The molecule has 0 aromatic carbocycles. The molecule has 0 bridgehead atoms. The first-order valence-electron chi connectivity index (χ1n) is 6.29. The van der Waals surface area contributed by atoms with Crippen LogP contribution in [0.3, 0.4) is 0 Å². The number of hydrogen-bond acceptors (Lipinski definition) is 4. The van der Waals surface area contributed by atoms with Gasteiger partial charge in [-0.15, -0.1) is 0 Å². The van der Waals surface area contributed by atoms with Gasteiger partial charge in [0.1, 0.15) is 12.1 Å². The van der Waals surface area contributed by atoms with E-state index in [2.05, 4.69) is 9.97 Å². The summed E-state index contributed by atoms with van der Waals surface area (Å²) in [6.07, 6.45) is 6.62. The summed E-state index contributed by atoms with van der Waals surface area (Å²) in [6, 6.07) is 3.48. The zero-order valence-electron chi connectivity index (χ0n) is 11.8. The Labute approximate surface area is 117 Å². The highest BCUT2D eigenvalue weighted by atomic mass is 16.3. The fourth-order valence-electron chi connectivity index (χ4n) is 1.63. The van der Waals surface area contributed by atoms with E-state index in [-0.39, 0.29) is 12.5 Å². The van der Waals surface area contributed by atoms with Crippen LogP contribution in [0.4, 0.5) is 0 Å². The van der Waals surface area contributed by atoms with Crippen LogP contribution in [0.5, 0.6) is 0 Å². The number of nitrogens with zero attached hydrogens (tertiary/aromatic N) is 4. The number of likely N-dealkylation sites (N-methyl/N-ethyl adjacent to an activating group) is 1. The highest BCUT2D eigenvalue weighted by molar-refractivity contribution is 5.94. The Morgan fingerprint density at radius 1 is 1.45 bits per heavy atom. The number of amides is 1. The van der Waals surface area contributed by atoms with Gasteiger partial charge in [-0.1, -0.05) is 0 Å². The molecule has 0 aliphatic carbocycles. The van der Waals surface area contributed by atoms with Crippen molar-refractivity contribution in [3.05, 3.63) is 42.6 Å². The molecule has 20 heavy (non-hydrogen) atoms. The second-order valence-electron chi connectivity index (χ2n) is 5.21. The van der Waals surface area contributed by atoms with Crippen molar-refractivity contribution in [2.24, 2.45) is 0 Å². The molecule has 0 spiro atoms. The van der Waals surface area contributed by atoms with Gasteiger partial charge in [-0.25, -0.2) is 9.97 Å². The summed E-state index contributed by atoms with van der Waals surface area (Å²) in [4.78, 5) is 22.0. The monoisotopic (exact) mass is 274 g/mol. The fourth-order valence-corrected chi connectivity index (χ4v) is 1.63. The molecule has 0 saturated carbocycles. The van der Waals surface area contributed by atoms with Crippen LogP contribution in [-0.2, 0) is 0 Å². The predicted octanol–water partition coefficient (Wildman–Crippen LogP) is 1.11. The number of carbonyl (C=O) groups is 1. The summed E-state index contributed by atoms with van der Waals surface area (Å²) in [6.45, 7) is 3.51. The van der Waals surface area contributed by atoms with Crippen molar-refractivity contribution in [2.45, 2.75) is 19.4 Å². The Balaban J connectivity index is 2.20. The van der Waals surface area contributed by atoms with Gasteiger partial charge < -0.3 is 10.0 Å². The molecule has 1 N–H and O–H groups in total. The zero-order valence-corrected chi connectivity index (χ0v) is 11.8. The van der Waals surface area contributed by atoms with E-state index in [4.69, 9.17) is 0 Å². The van der Waals surface area contributed by atoms with Crippen LogP contribution in [0.2, 0.25) is 0 Å². The van der Waals surface area contributed by atoms with Crippen molar-refractivity contribution < 1.29 is 9.90 Å². The molecular weight excluding hydrogens is 256 g/mol. The molecule has 106 valence electrons. The van der Waals surface area contributed by atoms with Crippen molar-refractivity contribution in [1.29, 1.82) is 0 Å². The van der Waals surface area contributed by atoms with Crippen LogP contribution in [0.1, 0.15) is 24.2 Å². The van der Waals surface area contributed by atoms with Crippen molar-refractivity contribution in [3.63, 3.8) is 0 Å². The van der Waals surface area contributed by atoms with Gasteiger partial charge in [0.15, 0.2) is 0 Å². The van der Waals surface area contributed by atoms with Gasteiger partial charge in [-0.3, -0.25) is 9.36 Å². The first-order valence-corrected chi connectivity index (χ1v) is 6.29. The van der Waals surface area contributed by atoms with Gasteiger partial charge >= 0.3 is 0 Å². The van der Waals surface area contributed by atoms with Gasteiger partial charge in [0.2, 0.25) is 0 Å². The molecule has 6 heteroatoms. The quantitative estimate of drug-likeness (QED) is 0.906. The number of imidazole rings is 1. The Morgan fingerprint density at radius 3 is 2.70 bits per heavy atom. The van der Waals surface area contributed by atoms with Gasteiger partial charge in [0.25, 0.3) is 5.91 Å². The molecule has 0 unspecified atom stereocenters. The highest BCUT2D eigenvalue weighted by Gasteiger charge is 2.27. The van der Waals surface area contributed by atoms with Crippen LogP contribution in [0.25, 0.3) is 5.82 Å². The lowest BCUT2D eigenvalue weighted by atomic mass is 10.0. The number of rotatable bonds is 4. The van der Waals surface area contributed by atoms with Gasteiger partial charge in [0.05, 0.1) is 17.7 Å². The minimum atomic E-state index is -0.611. The Bertz CT molecular complexity index is 576. The second kappa shape index (κ2) is 5.42. The molecule has 0 aliphatic heterocycles. The molecule has 1 amide bonds. The molecule has 0 aliphatic rings. The van der Waals surface area contributed by atoms with E-state index in [1.807, 2.05) is 0 Å². The average molecular weight is 274 g/mol. The molecule has 0 radical (unpaired) electrons. The van der Waals surface area contributed by atoms with Crippen LogP contribution in [0, 0.1) is 0 Å². The molecule has 2 heterocycles. The van der Waals surface area contributed by atoms with Crippen molar-refractivity contribution in [1.82, 2.24) is 19.4 Å². The second-order valence-corrected chi connectivity index (χ2v) is 5.21. The van der Waals surface area contributed by atoms with E-state index in [1.165, 1.54) is 11.1 Å². The smallest absolute Gasteiger partial charge is 0.255 e. The van der Waals surface area contributed by atoms with Crippen LogP contribution >= 0.6 is 0 Å². The molecule has 2 aromatic rings. The summed E-state index contributed by atoms with van der Waals surface area (Å²) in [5.74, 6) is 0.525. The lowest BCUT2D eigenvalue weighted by molar-refractivity contribution is 0.0473. The first-order chi connectivity index (χ1) is 9.45. The third-order valence-electron chi connectivity index (χ3n) is 3.36. The summed E-state index contributed by atoms with van der Waals surface area (Å²) >= 11 is 0. The summed E-state index contributed by atoms with van der Waals surface area (Å²) in [5, 5.41) is 9.31. The van der Waals surface area contributed by atoms with Crippen LogP contribution < -0.4 is 0 Å². The number of aliphatic hydroxyl groups is 1. The van der Waals surface area contributed by atoms with E-state index >= 15 is 0 Å². The zero-order chi connectivity index (χ0) is 14.8. The number of aliphatic hydroxyl groups excluding tert-OH is 1. The summed E-state index contributed by atoms with van der Waals surface area (Å²) < 4.78 is 1.76. The van der Waals surface area contributed by atoms with Gasteiger partial charge in [-0.2, -0.15) is 0 Å². The summed E-state index contributed by atoms with van der Waals surface area (Å²) in [7, 11) is 1.67. The molecule has 2 aromatic heterocycles. The third-order valence-corrected chi connectivity index (χ3v) is 3.36. The highest BCUT2D eigenvalue weighted by Crippen LogP contribution is 2.15. The van der Waals surface area contributed by atoms with E-state index < -0.39 is 5.54 Å². The molecule has 0 fully saturated rings. The normalized spacial score (nSPS) is 11.4. The summed E-state index contributed by atoms with van der Waals surface area (Å²) in [5.41, 5.74) is -0.127. The minimum absolute atomic E-state index is 0.101. The minimum Gasteiger partial charge on any atom is -0.394 e. The maximum atomic E-state index is 12.3. The van der Waals surface area contributed by atoms with E-state index in [1.54, 1.807) is 56.3 Å². The lowest BCUT2D eigenvalue weighted by Crippen LogP contribution is -2.47. The lowest BCUT2D eigenvalue weighted by Gasteiger charge is -2.33. The maximum absolute atomic E-state index is 12.3. The topological polar surface area (TPSA) is 71.2 Å². The largest absolute Gasteiger partial charge is 0.394 e. The number of pyridine rings is 1. The Hall–Kier alpha value is -2.21. The molecule has 6 nitrogen and oxygen atoms in total. The SMILES string of the molecule is CN(C(=O)c1ccc(-n2ccnc2)nc1)C(C)(C)CO. The maximum Gasteiger partial charge on any atom is 0.255 e. The predicted molar refractivity (Wildman–Crippen MR) is 74.6 cm³/mol. The standard InChI is InChI=1S/C14H18N4O2/c1-14(2,9-19)17(3)13(20)11-4-5-12(16-8-11)18-7-6-15-10-18/h4-8,10,19H,9H2,1-3H3. The van der Waals surface area contributed by atoms with Gasteiger partial charge in [0, 0.05) is 25.6 Å². The third kappa shape index (κ3) is 2.70. The fraction of sp³-hybridized carbons (Fsp3) is 0.357. The Morgan fingerprint density at radius 2 is 2.20 bits per heavy atom. The molecular formula is C14H18N4O2. The average Bonchev–Trinajstić information content (AvgIpc) is 3.00. The van der Waals surface area contributed by atoms with Crippen molar-refractivity contribution in [3.8, 4) is 5.82 Å². The van der Waals surface area contributed by atoms with E-state index in [9.17, 15) is 9.90 Å². The first kappa shape index (κ1) is 14.2. The van der Waals surface area contributed by atoms with Crippen molar-refractivity contribution in [2.75, 3.05) is 13.7 Å². The molecule has 0 saturated heterocycles. The Kier molecular flexibility index (Phi) is 3.85. The van der Waals surface area contributed by atoms with Gasteiger partial charge in [-0.05, 0) is 26.0 Å². The van der Waals surface area contributed by atoms with Crippen LogP contribution in [0.15, 0.2) is 37.1 Å². The van der Waals surface area contributed by atoms with Crippen molar-refractivity contribution >= 4 is 5.91 Å². The van der Waals surface area contributed by atoms with Crippen LogP contribution in [-0.4, -0.2) is 49.6 Å². The number of carbonyl (C=O) groups excluding carboxylic acids is 1. The number of aromatic nitrogens is 3.